The van der Waals surface area contributed by atoms with Crippen LogP contribution in [0.25, 0.3) is 0 Å². The van der Waals surface area contributed by atoms with Crippen LogP contribution in [0, 0.1) is 11.3 Å². The van der Waals surface area contributed by atoms with Crippen molar-refractivity contribution in [2.45, 2.75) is 19.4 Å². The van der Waals surface area contributed by atoms with Gasteiger partial charge in [-0.3, -0.25) is 4.90 Å². The molecule has 1 heterocycles. The van der Waals surface area contributed by atoms with Crippen molar-refractivity contribution in [3.8, 4) is 6.07 Å². The molecule has 82 valence electrons. The summed E-state index contributed by atoms with van der Waals surface area (Å²) in [6.45, 7) is 2.39. The lowest BCUT2D eigenvalue weighted by Gasteiger charge is -2.20. The number of benzene rings is 1. The molecule has 1 aromatic rings. The van der Waals surface area contributed by atoms with Gasteiger partial charge in [-0.1, -0.05) is 19.1 Å². The molecule has 1 saturated heterocycles. The Labute approximate surface area is 94.0 Å². The van der Waals surface area contributed by atoms with E-state index in [1.807, 2.05) is 13.0 Å². The van der Waals surface area contributed by atoms with Crippen molar-refractivity contribution in [3.05, 3.63) is 29.8 Å². The molecular formula is C12H12N2O2. The van der Waals surface area contributed by atoms with Gasteiger partial charge in [0.25, 0.3) is 0 Å². The molecule has 0 aromatic heterocycles. The molecule has 1 amide bonds. The van der Waals surface area contributed by atoms with Crippen LogP contribution in [-0.2, 0) is 4.74 Å². The lowest BCUT2D eigenvalue weighted by Crippen LogP contribution is -2.33. The van der Waals surface area contributed by atoms with E-state index in [1.165, 1.54) is 0 Å². The topological polar surface area (TPSA) is 53.3 Å². The molecule has 2 rings (SSSR count). The number of ether oxygens (including phenoxy) is 1. The highest BCUT2D eigenvalue weighted by Gasteiger charge is 2.33. The average molecular weight is 216 g/mol. The fourth-order valence-electron chi connectivity index (χ4n) is 1.83. The summed E-state index contributed by atoms with van der Waals surface area (Å²) < 4.78 is 5.00. The van der Waals surface area contributed by atoms with Crippen molar-refractivity contribution in [1.82, 2.24) is 0 Å². The maximum absolute atomic E-state index is 11.6. The smallest absolute Gasteiger partial charge is 0.414 e. The van der Waals surface area contributed by atoms with Crippen molar-refractivity contribution in [3.63, 3.8) is 0 Å². The van der Waals surface area contributed by atoms with Gasteiger partial charge in [-0.25, -0.2) is 4.79 Å². The van der Waals surface area contributed by atoms with Gasteiger partial charge in [-0.2, -0.15) is 5.26 Å². The summed E-state index contributed by atoms with van der Waals surface area (Å²) in [4.78, 5) is 13.2. The van der Waals surface area contributed by atoms with Gasteiger partial charge in [-0.15, -0.1) is 0 Å². The van der Waals surface area contributed by atoms with E-state index in [0.717, 1.165) is 6.42 Å². The molecule has 0 N–H and O–H groups in total. The minimum Gasteiger partial charge on any atom is -0.447 e. The van der Waals surface area contributed by atoms with E-state index in [9.17, 15) is 4.79 Å². The third-order valence-corrected chi connectivity index (χ3v) is 2.72. The Hall–Kier alpha value is -2.02. The van der Waals surface area contributed by atoms with Gasteiger partial charge in [0.15, 0.2) is 0 Å². The number of amides is 1. The van der Waals surface area contributed by atoms with E-state index >= 15 is 0 Å². The maximum Gasteiger partial charge on any atom is 0.414 e. The van der Waals surface area contributed by atoms with Gasteiger partial charge < -0.3 is 4.74 Å². The molecule has 0 saturated carbocycles. The van der Waals surface area contributed by atoms with Crippen LogP contribution in [-0.4, -0.2) is 18.7 Å². The Morgan fingerprint density at radius 1 is 1.56 bits per heavy atom. The zero-order valence-electron chi connectivity index (χ0n) is 9.01. The summed E-state index contributed by atoms with van der Waals surface area (Å²) in [5.41, 5.74) is 1.14. The van der Waals surface area contributed by atoms with Crippen LogP contribution in [0.3, 0.4) is 0 Å². The Morgan fingerprint density at radius 3 is 3.00 bits per heavy atom. The van der Waals surface area contributed by atoms with E-state index in [0.29, 0.717) is 17.9 Å². The predicted molar refractivity (Wildman–Crippen MR) is 59.1 cm³/mol. The van der Waals surface area contributed by atoms with Crippen LogP contribution in [0.5, 0.6) is 0 Å². The molecule has 0 spiro atoms. The average Bonchev–Trinajstić information content (AvgIpc) is 2.70. The number of carbonyl (C=O) groups is 1. The van der Waals surface area contributed by atoms with E-state index in [2.05, 4.69) is 6.07 Å². The Morgan fingerprint density at radius 2 is 2.31 bits per heavy atom. The lowest BCUT2D eigenvalue weighted by molar-refractivity contribution is 0.178. The van der Waals surface area contributed by atoms with E-state index in [-0.39, 0.29) is 12.1 Å². The highest BCUT2D eigenvalue weighted by Crippen LogP contribution is 2.27. The Bertz CT molecular complexity index is 451. The van der Waals surface area contributed by atoms with Crippen LogP contribution < -0.4 is 4.90 Å². The first-order valence-electron chi connectivity index (χ1n) is 5.23. The van der Waals surface area contributed by atoms with Gasteiger partial charge >= 0.3 is 6.09 Å². The number of anilines is 1. The van der Waals surface area contributed by atoms with Crippen LogP contribution in [0.1, 0.15) is 18.9 Å². The molecule has 0 unspecified atom stereocenters. The molecular weight excluding hydrogens is 204 g/mol. The maximum atomic E-state index is 11.6. The minimum atomic E-state index is -0.366. The molecule has 1 aliphatic rings. The predicted octanol–water partition coefficient (Wildman–Crippen LogP) is 2.29. The van der Waals surface area contributed by atoms with Crippen LogP contribution in [0.4, 0.5) is 10.5 Å². The fraction of sp³-hybridized carbons (Fsp3) is 0.333. The zero-order chi connectivity index (χ0) is 11.5. The molecule has 4 nitrogen and oxygen atoms in total. The Balaban J connectivity index is 2.43. The molecule has 0 radical (unpaired) electrons. The van der Waals surface area contributed by atoms with Gasteiger partial charge in [0.1, 0.15) is 12.7 Å². The van der Waals surface area contributed by atoms with Gasteiger partial charge in [0.05, 0.1) is 17.3 Å². The zero-order valence-corrected chi connectivity index (χ0v) is 9.01. The van der Waals surface area contributed by atoms with Crippen molar-refractivity contribution < 1.29 is 9.53 Å². The first kappa shape index (κ1) is 10.5. The number of hydrogen-bond donors (Lipinski definition) is 0. The number of hydrogen-bond acceptors (Lipinski definition) is 3. The summed E-state index contributed by atoms with van der Waals surface area (Å²) in [7, 11) is 0. The monoisotopic (exact) mass is 216 g/mol. The van der Waals surface area contributed by atoms with Gasteiger partial charge in [-0.05, 0) is 18.6 Å². The Kier molecular flexibility index (Phi) is 2.78. The molecule has 16 heavy (non-hydrogen) atoms. The standard InChI is InChI=1S/C12H12N2O2/c1-2-10-8-16-12(15)14(10)11-6-4-3-5-9(11)7-13/h3-6,10H,2,8H2,1H3/t10-/m0/s1. The van der Waals surface area contributed by atoms with Crippen molar-refractivity contribution in [2.24, 2.45) is 0 Å². The number of carbonyl (C=O) groups excluding carboxylic acids is 1. The highest BCUT2D eigenvalue weighted by molar-refractivity contribution is 5.91. The summed E-state index contributed by atoms with van der Waals surface area (Å²) >= 11 is 0. The molecule has 1 atom stereocenters. The number of nitriles is 1. The summed E-state index contributed by atoms with van der Waals surface area (Å²) in [5, 5.41) is 9.00. The molecule has 0 aliphatic carbocycles. The summed E-state index contributed by atoms with van der Waals surface area (Å²) in [6, 6.07) is 9.19. The SMILES string of the molecule is CC[C@H]1COC(=O)N1c1ccccc1C#N. The third-order valence-electron chi connectivity index (χ3n) is 2.72. The van der Waals surface area contributed by atoms with Crippen molar-refractivity contribution >= 4 is 11.8 Å². The second-order valence-corrected chi connectivity index (χ2v) is 3.64. The normalized spacial score (nSPS) is 19.4. The molecule has 1 aliphatic heterocycles. The lowest BCUT2D eigenvalue weighted by atomic mass is 10.1. The fourth-order valence-corrected chi connectivity index (χ4v) is 1.83. The minimum absolute atomic E-state index is 0.0296. The highest BCUT2D eigenvalue weighted by atomic mass is 16.6. The van der Waals surface area contributed by atoms with Crippen LogP contribution >= 0.6 is 0 Å². The van der Waals surface area contributed by atoms with Gasteiger partial charge in [0, 0.05) is 0 Å². The number of nitrogens with zero attached hydrogens (tertiary/aromatic N) is 2. The summed E-state index contributed by atoms with van der Waals surface area (Å²) in [5.74, 6) is 0. The summed E-state index contributed by atoms with van der Waals surface area (Å²) in [6.07, 6.45) is 0.445. The first-order valence-corrected chi connectivity index (χ1v) is 5.23. The van der Waals surface area contributed by atoms with Crippen molar-refractivity contribution in [2.75, 3.05) is 11.5 Å². The van der Waals surface area contributed by atoms with E-state index in [4.69, 9.17) is 10.00 Å². The second-order valence-electron chi connectivity index (χ2n) is 3.64. The quantitative estimate of drug-likeness (QED) is 0.762. The van der Waals surface area contributed by atoms with Crippen LogP contribution in [0.15, 0.2) is 24.3 Å². The molecule has 1 fully saturated rings. The van der Waals surface area contributed by atoms with Gasteiger partial charge in [0.2, 0.25) is 0 Å². The van der Waals surface area contributed by atoms with Crippen LogP contribution in [0.2, 0.25) is 0 Å². The van der Waals surface area contributed by atoms with E-state index < -0.39 is 0 Å². The molecule has 4 heteroatoms. The van der Waals surface area contributed by atoms with E-state index in [1.54, 1.807) is 23.1 Å². The largest absolute Gasteiger partial charge is 0.447 e. The first-order chi connectivity index (χ1) is 7.77. The van der Waals surface area contributed by atoms with Crippen molar-refractivity contribution in [1.29, 1.82) is 5.26 Å². The number of rotatable bonds is 2. The number of para-hydroxylation sites is 1. The number of cyclic esters (lactones) is 1. The molecule has 0 bridgehead atoms. The molecule has 1 aromatic carbocycles. The second kappa shape index (κ2) is 4.23. The third kappa shape index (κ3) is 1.61.